The number of benzene rings is 3. The van der Waals surface area contributed by atoms with Gasteiger partial charge in [0.1, 0.15) is 28.7 Å². The van der Waals surface area contributed by atoms with Crippen LogP contribution in [-0.2, 0) is 19.5 Å². The fourth-order valence-electron chi connectivity index (χ4n) is 8.67. The molecule has 3 N–H and O–H groups in total. The third-order valence-corrected chi connectivity index (χ3v) is 14.7. The quantitative estimate of drug-likeness (QED) is 0.0699. The van der Waals surface area contributed by atoms with Crippen molar-refractivity contribution in [2.45, 2.75) is 44.1 Å². The Balaban J connectivity index is 0.922. The van der Waals surface area contributed by atoms with Crippen molar-refractivity contribution < 1.29 is 36.7 Å². The summed E-state index contributed by atoms with van der Waals surface area (Å²) in [5.41, 5.74) is 6.11. The first-order chi connectivity index (χ1) is 31.8. The van der Waals surface area contributed by atoms with Crippen LogP contribution in [0.2, 0.25) is 0 Å². The molecule has 0 spiro atoms. The number of amides is 1. The van der Waals surface area contributed by atoms with Gasteiger partial charge < -0.3 is 29.4 Å². The zero-order valence-corrected chi connectivity index (χ0v) is 38.2. The Kier molecular flexibility index (Phi) is 12.9. The predicted molar refractivity (Wildman–Crippen MR) is 252 cm³/mol. The maximum Gasteiger partial charge on any atom is 0.293 e. The minimum absolute atomic E-state index is 0.0616. The highest BCUT2D eigenvalue weighted by Gasteiger charge is 2.31. The molecule has 3 aromatic carbocycles. The molecule has 3 aliphatic rings. The number of aromatic amines is 1. The van der Waals surface area contributed by atoms with Gasteiger partial charge in [0.15, 0.2) is 0 Å². The highest BCUT2D eigenvalue weighted by atomic mass is 32.2. The molecule has 18 heteroatoms. The Morgan fingerprint density at radius 2 is 1.85 bits per heavy atom. The normalized spacial score (nSPS) is 18.0. The van der Waals surface area contributed by atoms with Crippen LogP contribution in [0.3, 0.4) is 0 Å². The van der Waals surface area contributed by atoms with E-state index in [1.54, 1.807) is 35.7 Å². The van der Waals surface area contributed by atoms with Crippen LogP contribution < -0.4 is 19.7 Å². The maximum absolute atomic E-state index is 14.0. The van der Waals surface area contributed by atoms with Crippen LogP contribution in [0.4, 0.5) is 21.5 Å². The Morgan fingerprint density at radius 3 is 2.62 bits per heavy atom. The molecule has 0 unspecified atom stereocenters. The van der Waals surface area contributed by atoms with Crippen molar-refractivity contribution in [3.05, 3.63) is 129 Å². The lowest BCUT2D eigenvalue weighted by Gasteiger charge is -2.39. The average Bonchev–Trinajstić information content (AvgIpc) is 4.00. The molecule has 6 aromatic rings. The summed E-state index contributed by atoms with van der Waals surface area (Å²) in [6, 6.07) is 20.9. The second kappa shape index (κ2) is 19.0. The van der Waals surface area contributed by atoms with E-state index in [1.165, 1.54) is 52.6 Å². The Labute approximate surface area is 385 Å². The first-order valence-corrected chi connectivity index (χ1v) is 24.2. The van der Waals surface area contributed by atoms with E-state index >= 15 is 0 Å². The van der Waals surface area contributed by atoms with Crippen LogP contribution in [0.25, 0.3) is 27.7 Å². The molecule has 0 saturated carbocycles. The summed E-state index contributed by atoms with van der Waals surface area (Å²) in [5, 5.41) is 18.0. The van der Waals surface area contributed by atoms with Gasteiger partial charge in [-0.1, -0.05) is 31.6 Å². The number of H-pyrrole nitrogens is 1. The number of pyridine rings is 1. The summed E-state index contributed by atoms with van der Waals surface area (Å²) >= 11 is 1.74. The summed E-state index contributed by atoms with van der Waals surface area (Å²) < 4.78 is 60.5. The molecule has 2 fully saturated rings. The summed E-state index contributed by atoms with van der Waals surface area (Å²) in [5.74, 6) is -0.790. The van der Waals surface area contributed by atoms with E-state index in [0.717, 1.165) is 67.2 Å². The SMILES string of the molecule is CC1(C)CCC(CN2CCN(c3ccc(C(=O)NS(=O)(=O)c4ccc(NC[C@H]5COCCO5)c([N+](=O)[O-])c4)c(Oc4cnc5[nH]ccc5c4)c3)CC2)=C(c2cc(-c3ccc(F)cc3)cs2)C1. The van der Waals surface area contributed by atoms with Crippen molar-refractivity contribution in [3.63, 3.8) is 0 Å². The third-order valence-electron chi connectivity index (χ3n) is 12.3. The molecule has 1 amide bonds. The molecular formula is C48H50FN7O8S2. The molecule has 2 saturated heterocycles. The molecule has 344 valence electrons. The van der Waals surface area contributed by atoms with E-state index in [1.807, 2.05) is 18.2 Å². The molecular weight excluding hydrogens is 886 g/mol. The van der Waals surface area contributed by atoms with Gasteiger partial charge in [0.25, 0.3) is 21.6 Å². The molecule has 5 heterocycles. The largest absolute Gasteiger partial charge is 0.455 e. The first-order valence-electron chi connectivity index (χ1n) is 21.8. The number of piperazine rings is 1. The van der Waals surface area contributed by atoms with Gasteiger partial charge in [-0.2, -0.15) is 0 Å². The lowest BCUT2D eigenvalue weighted by molar-refractivity contribution is -0.384. The van der Waals surface area contributed by atoms with Gasteiger partial charge in [-0.05, 0) is 101 Å². The number of carbonyl (C=O) groups excluding carboxylic acids is 1. The molecule has 66 heavy (non-hydrogen) atoms. The van der Waals surface area contributed by atoms with Gasteiger partial charge in [-0.15, -0.1) is 11.3 Å². The van der Waals surface area contributed by atoms with Gasteiger partial charge >= 0.3 is 0 Å². The molecule has 0 radical (unpaired) electrons. The van der Waals surface area contributed by atoms with Crippen molar-refractivity contribution in [2.75, 3.05) is 69.3 Å². The van der Waals surface area contributed by atoms with Crippen molar-refractivity contribution in [2.24, 2.45) is 5.41 Å². The standard InChI is InChI=1S/C48H50FN7O8S2/c1-48(2)13-11-33(41(25-48)45-22-34(30-65-45)31-3-5-35(49)6-4-31)28-54-15-17-55(18-16-54)36-7-9-40(44(23-36)64-37-21-32-12-14-50-46(32)52-26-37)47(57)53-66(60,61)39-8-10-42(43(24-39)56(58)59)51-27-38-29-62-19-20-63-38/h3-10,12,14,21-24,26,30,38,51H,11,13,15-20,25,27-29H2,1-2H3,(H,50,52)(H,53,57)/t38-/m0/s1. The molecule has 1 aliphatic carbocycles. The van der Waals surface area contributed by atoms with E-state index in [0.29, 0.717) is 44.3 Å². The van der Waals surface area contributed by atoms with Gasteiger partial charge in [0.05, 0.1) is 47.5 Å². The van der Waals surface area contributed by atoms with E-state index in [4.69, 9.17) is 14.2 Å². The Hall–Kier alpha value is -6.18. The van der Waals surface area contributed by atoms with Crippen LogP contribution in [0.1, 0.15) is 48.3 Å². The lowest BCUT2D eigenvalue weighted by Crippen LogP contribution is -2.47. The lowest BCUT2D eigenvalue weighted by atomic mass is 9.73. The van der Waals surface area contributed by atoms with Crippen molar-refractivity contribution in [1.29, 1.82) is 0 Å². The number of fused-ring (bicyclic) bond motifs is 1. The van der Waals surface area contributed by atoms with Gasteiger partial charge in [0.2, 0.25) is 0 Å². The topological polar surface area (TPSA) is 181 Å². The Bertz CT molecular complexity index is 2900. The summed E-state index contributed by atoms with van der Waals surface area (Å²) in [7, 11) is -4.60. The summed E-state index contributed by atoms with van der Waals surface area (Å²) in [4.78, 5) is 38.3. The molecule has 15 nitrogen and oxygen atoms in total. The number of nitrogens with one attached hydrogen (secondary N) is 3. The molecule has 9 rings (SSSR count). The van der Waals surface area contributed by atoms with Gasteiger partial charge in [-0.25, -0.2) is 22.5 Å². The fourth-order valence-corrected chi connectivity index (χ4v) is 10.7. The number of sulfonamides is 1. The number of allylic oxidation sites excluding steroid dienone is 1. The molecule has 0 bridgehead atoms. The number of thiophene rings is 1. The van der Waals surface area contributed by atoms with Crippen LogP contribution in [0.5, 0.6) is 11.5 Å². The maximum atomic E-state index is 14.0. The molecule has 3 aromatic heterocycles. The summed E-state index contributed by atoms with van der Waals surface area (Å²) in [6.07, 6.45) is 6.04. The van der Waals surface area contributed by atoms with Gasteiger partial charge in [-0.3, -0.25) is 19.8 Å². The van der Waals surface area contributed by atoms with E-state index in [-0.39, 0.29) is 40.9 Å². The second-order valence-corrected chi connectivity index (χ2v) is 20.2. The van der Waals surface area contributed by atoms with Crippen molar-refractivity contribution >= 4 is 60.9 Å². The van der Waals surface area contributed by atoms with Crippen LogP contribution in [0.15, 0.2) is 107 Å². The molecule has 1 atom stereocenters. The number of hydrogen-bond donors (Lipinski definition) is 3. The van der Waals surface area contributed by atoms with E-state index < -0.39 is 31.4 Å². The highest BCUT2D eigenvalue weighted by Crippen LogP contribution is 2.45. The monoisotopic (exact) mass is 935 g/mol. The number of nitro groups is 1. The smallest absolute Gasteiger partial charge is 0.293 e. The van der Waals surface area contributed by atoms with Crippen LogP contribution in [-0.4, -0.2) is 99.3 Å². The summed E-state index contributed by atoms with van der Waals surface area (Å²) in [6.45, 7) is 9.88. The molecule has 2 aliphatic heterocycles. The number of aromatic nitrogens is 2. The van der Waals surface area contributed by atoms with Crippen LogP contribution in [0, 0.1) is 21.3 Å². The second-order valence-electron chi connectivity index (χ2n) is 17.6. The number of anilines is 2. The first kappa shape index (κ1) is 45.0. The number of hydrogen-bond acceptors (Lipinski definition) is 13. The Morgan fingerprint density at radius 1 is 1.03 bits per heavy atom. The number of carbonyl (C=O) groups is 1. The zero-order chi connectivity index (χ0) is 46.0. The minimum atomic E-state index is -4.60. The van der Waals surface area contributed by atoms with E-state index in [2.05, 4.69) is 55.1 Å². The van der Waals surface area contributed by atoms with Crippen molar-refractivity contribution in [3.8, 4) is 22.6 Å². The number of halogens is 1. The average molecular weight is 936 g/mol. The minimum Gasteiger partial charge on any atom is -0.455 e. The van der Waals surface area contributed by atoms with Crippen LogP contribution >= 0.6 is 11.3 Å². The van der Waals surface area contributed by atoms with E-state index in [9.17, 15) is 27.7 Å². The number of ether oxygens (including phenoxy) is 3. The fraction of sp³-hybridized carbons (Fsp3) is 0.333. The highest BCUT2D eigenvalue weighted by molar-refractivity contribution is 7.90. The number of nitrogens with zero attached hydrogens (tertiary/aromatic N) is 4. The predicted octanol–water partition coefficient (Wildman–Crippen LogP) is 8.86. The number of rotatable bonds is 14. The van der Waals surface area contributed by atoms with Crippen molar-refractivity contribution in [1.82, 2.24) is 19.6 Å². The zero-order valence-electron chi connectivity index (χ0n) is 36.5. The van der Waals surface area contributed by atoms with Gasteiger partial charge in [0, 0.05) is 73.5 Å². The third kappa shape index (κ3) is 10.3. The number of nitro benzene ring substituents is 1.